The van der Waals surface area contributed by atoms with E-state index in [-0.39, 0.29) is 5.91 Å². The number of aromatic nitrogens is 3. The molecular formula is C21H23N7O3S2. The molecule has 0 unspecified atom stereocenters. The Kier molecular flexibility index (Phi) is 5.95. The molecule has 2 aromatic carbocycles. The van der Waals surface area contributed by atoms with E-state index in [4.69, 9.17) is 29.2 Å². The van der Waals surface area contributed by atoms with Crippen LogP contribution in [0, 0.1) is 15.0 Å². The first-order valence-corrected chi connectivity index (χ1v) is 10.8. The maximum atomic E-state index is 12.6. The fourth-order valence-electron chi connectivity index (χ4n) is 3.47. The second-order valence-electron chi connectivity index (χ2n) is 8.12. The predicted octanol–water partition coefficient (Wildman–Crippen LogP) is 4.12. The second-order valence-corrected chi connectivity index (χ2v) is 8.90. The number of rotatable bonds is 5. The number of H-pyrrole nitrogens is 2. The monoisotopic (exact) mass is 485 g/mol. The number of carbonyl (C=O) groups excluding carboxylic acids is 2. The molecule has 1 aromatic heterocycles. The molecule has 0 aliphatic carbocycles. The van der Waals surface area contributed by atoms with Crippen LogP contribution in [-0.2, 0) is 4.79 Å². The number of nitrogens with one attached hydrogen (secondary N) is 5. The Balaban J connectivity index is 1.48. The van der Waals surface area contributed by atoms with Crippen LogP contribution in [0.3, 0.4) is 0 Å². The van der Waals surface area contributed by atoms with Crippen molar-refractivity contribution in [2.75, 3.05) is 29.3 Å². The van der Waals surface area contributed by atoms with Gasteiger partial charge in [-0.05, 0) is 68.6 Å². The zero-order valence-electron chi connectivity index (χ0n) is 18.2. The van der Waals surface area contributed by atoms with Crippen LogP contribution in [0.4, 0.5) is 21.9 Å². The Morgan fingerprint density at radius 1 is 1.06 bits per heavy atom. The Morgan fingerprint density at radius 3 is 2.33 bits per heavy atom. The van der Waals surface area contributed by atoms with E-state index in [0.29, 0.717) is 44.6 Å². The molecule has 0 saturated carbocycles. The van der Waals surface area contributed by atoms with Gasteiger partial charge in [-0.25, -0.2) is 4.79 Å². The highest BCUT2D eigenvalue weighted by Gasteiger charge is 2.38. The van der Waals surface area contributed by atoms with E-state index in [9.17, 15) is 9.59 Å². The Hall–Kier alpha value is -3.64. The Morgan fingerprint density at radius 2 is 1.73 bits per heavy atom. The Bertz CT molecular complexity index is 1310. The lowest BCUT2D eigenvalue weighted by molar-refractivity contribution is -0.125. The standard InChI is InChI=1S/C21H23N7O3S2/c1-21(2)11-27(26-17(21)29)15-8-7-13(10-16(15)31-3)23-18(30)22-12-5-4-6-14(9-12)28-19(32)24-25-20(28)33/h4-10H,11H2,1-3H3,(H,24,32)(H,25,33)(H,26,29)(H2,22,23,30). The molecule has 0 atom stereocenters. The van der Waals surface area contributed by atoms with E-state index in [1.807, 2.05) is 19.9 Å². The maximum absolute atomic E-state index is 12.6. The zero-order valence-corrected chi connectivity index (χ0v) is 19.8. The molecule has 1 aliphatic heterocycles. The summed E-state index contributed by atoms with van der Waals surface area (Å²) in [5.41, 5.74) is 4.85. The normalized spacial score (nSPS) is 14.6. The summed E-state index contributed by atoms with van der Waals surface area (Å²) in [5, 5.41) is 12.9. The highest BCUT2D eigenvalue weighted by molar-refractivity contribution is 7.72. The summed E-state index contributed by atoms with van der Waals surface area (Å²) in [6, 6.07) is 11.9. The van der Waals surface area contributed by atoms with Gasteiger partial charge >= 0.3 is 6.03 Å². The summed E-state index contributed by atoms with van der Waals surface area (Å²) >= 11 is 10.5. The van der Waals surface area contributed by atoms with E-state index >= 15 is 0 Å². The zero-order chi connectivity index (χ0) is 23.8. The molecule has 0 bridgehead atoms. The SMILES string of the molecule is COc1cc(NC(=O)Nc2cccc(-n3c(=S)[nH][nH]c3=S)c2)ccc1N1CC(C)(C)C(=O)N1. The van der Waals surface area contributed by atoms with Crippen molar-refractivity contribution in [2.24, 2.45) is 5.41 Å². The van der Waals surface area contributed by atoms with Crippen LogP contribution in [0.15, 0.2) is 42.5 Å². The van der Waals surface area contributed by atoms with E-state index in [1.54, 1.807) is 46.0 Å². The molecule has 172 valence electrons. The molecule has 4 rings (SSSR count). The predicted molar refractivity (Wildman–Crippen MR) is 131 cm³/mol. The van der Waals surface area contributed by atoms with E-state index in [0.717, 1.165) is 0 Å². The summed E-state index contributed by atoms with van der Waals surface area (Å²) in [5.74, 6) is 0.458. The highest BCUT2D eigenvalue weighted by Crippen LogP contribution is 2.35. The van der Waals surface area contributed by atoms with Gasteiger partial charge in [-0.15, -0.1) is 0 Å². The summed E-state index contributed by atoms with van der Waals surface area (Å²) in [6.45, 7) is 4.25. The van der Waals surface area contributed by atoms with Gasteiger partial charge in [-0.1, -0.05) is 6.07 Å². The highest BCUT2D eigenvalue weighted by atomic mass is 32.1. The summed E-state index contributed by atoms with van der Waals surface area (Å²) in [7, 11) is 1.54. The van der Waals surface area contributed by atoms with Crippen molar-refractivity contribution in [3.63, 3.8) is 0 Å². The molecule has 1 aliphatic rings. The molecule has 0 spiro atoms. The fraction of sp³-hybridized carbons (Fsp3) is 0.238. The van der Waals surface area contributed by atoms with Crippen molar-refractivity contribution >= 4 is 53.4 Å². The fourth-order valence-corrected chi connectivity index (χ4v) is 4.02. The molecule has 12 heteroatoms. The first-order valence-electron chi connectivity index (χ1n) is 10.0. The molecule has 1 fully saturated rings. The quantitative estimate of drug-likeness (QED) is 0.347. The molecule has 1 saturated heterocycles. The number of amides is 3. The second kappa shape index (κ2) is 8.71. The van der Waals surface area contributed by atoms with Crippen LogP contribution in [0.1, 0.15) is 13.8 Å². The van der Waals surface area contributed by atoms with Gasteiger partial charge in [0.2, 0.25) is 5.91 Å². The number of aromatic amines is 2. The largest absolute Gasteiger partial charge is 0.494 e. The third kappa shape index (κ3) is 4.61. The average molecular weight is 486 g/mol. The maximum Gasteiger partial charge on any atom is 0.323 e. The lowest BCUT2D eigenvalue weighted by Crippen LogP contribution is -2.33. The van der Waals surface area contributed by atoms with Crippen LogP contribution >= 0.6 is 24.4 Å². The van der Waals surface area contributed by atoms with E-state index in [1.165, 1.54) is 7.11 Å². The van der Waals surface area contributed by atoms with Gasteiger partial charge < -0.3 is 15.4 Å². The van der Waals surface area contributed by atoms with Gasteiger partial charge in [-0.2, -0.15) is 0 Å². The van der Waals surface area contributed by atoms with Crippen molar-refractivity contribution in [2.45, 2.75) is 13.8 Å². The number of ether oxygens (including phenoxy) is 1. The lowest BCUT2D eigenvalue weighted by Gasteiger charge is -2.22. The van der Waals surface area contributed by atoms with Crippen molar-refractivity contribution < 1.29 is 14.3 Å². The Labute approximate surface area is 199 Å². The van der Waals surface area contributed by atoms with Gasteiger partial charge in [0.05, 0.1) is 30.4 Å². The number of hydrogen-bond donors (Lipinski definition) is 5. The van der Waals surface area contributed by atoms with Crippen LogP contribution in [-0.4, -0.2) is 40.4 Å². The number of nitrogens with zero attached hydrogens (tertiary/aromatic N) is 2. The van der Waals surface area contributed by atoms with Crippen LogP contribution in [0.5, 0.6) is 5.75 Å². The minimum atomic E-state index is -0.509. The van der Waals surface area contributed by atoms with Crippen LogP contribution in [0.25, 0.3) is 5.69 Å². The van der Waals surface area contributed by atoms with Crippen LogP contribution in [0.2, 0.25) is 0 Å². The molecule has 3 aromatic rings. The van der Waals surface area contributed by atoms with Crippen molar-refractivity contribution in [3.05, 3.63) is 52.0 Å². The molecule has 5 N–H and O–H groups in total. The lowest BCUT2D eigenvalue weighted by atomic mass is 9.94. The third-order valence-electron chi connectivity index (χ3n) is 5.18. The summed E-state index contributed by atoms with van der Waals surface area (Å²) in [4.78, 5) is 24.7. The van der Waals surface area contributed by atoms with Gasteiger partial charge in [0, 0.05) is 17.4 Å². The average Bonchev–Trinajstić information content (AvgIpc) is 3.24. The summed E-state index contributed by atoms with van der Waals surface area (Å²) in [6.07, 6.45) is 0. The molecule has 3 amide bonds. The van der Waals surface area contributed by atoms with Gasteiger partial charge in [0.15, 0.2) is 9.54 Å². The summed E-state index contributed by atoms with van der Waals surface area (Å²) < 4.78 is 7.98. The number of benzene rings is 2. The number of carbonyl (C=O) groups is 2. The molecule has 33 heavy (non-hydrogen) atoms. The number of urea groups is 1. The minimum absolute atomic E-state index is 0.0598. The molecule has 0 radical (unpaired) electrons. The van der Waals surface area contributed by atoms with Crippen molar-refractivity contribution in [3.8, 4) is 11.4 Å². The van der Waals surface area contributed by atoms with Crippen molar-refractivity contribution in [1.82, 2.24) is 20.2 Å². The van der Waals surface area contributed by atoms with Crippen LogP contribution < -0.4 is 25.8 Å². The molecule has 2 heterocycles. The third-order valence-corrected chi connectivity index (χ3v) is 5.75. The molecule has 10 nitrogen and oxygen atoms in total. The van der Waals surface area contributed by atoms with E-state index in [2.05, 4.69) is 26.3 Å². The number of anilines is 3. The van der Waals surface area contributed by atoms with Crippen molar-refractivity contribution in [1.29, 1.82) is 0 Å². The molecular weight excluding hydrogens is 462 g/mol. The van der Waals surface area contributed by atoms with E-state index < -0.39 is 11.4 Å². The first-order chi connectivity index (χ1) is 15.7. The number of hydrazine groups is 1. The van der Waals surface area contributed by atoms with Gasteiger partial charge in [0.25, 0.3) is 0 Å². The van der Waals surface area contributed by atoms with Gasteiger partial charge in [0.1, 0.15) is 5.75 Å². The minimum Gasteiger partial charge on any atom is -0.494 e. The topological polar surface area (TPSA) is 119 Å². The number of methoxy groups -OCH3 is 1. The smallest absolute Gasteiger partial charge is 0.323 e. The van der Waals surface area contributed by atoms with Gasteiger partial charge in [-0.3, -0.25) is 30.0 Å². The first kappa shape index (κ1) is 22.6. The number of hydrogen-bond acceptors (Lipinski definition) is 6.